The van der Waals surface area contributed by atoms with Crippen LogP contribution in [0.2, 0.25) is 0 Å². The quantitative estimate of drug-likeness (QED) is 0.300. The lowest BCUT2D eigenvalue weighted by atomic mass is 10.2. The number of nitrogens with two attached hydrogens (primary N) is 1. The summed E-state index contributed by atoms with van der Waals surface area (Å²) >= 11 is 1.36. The van der Waals surface area contributed by atoms with Gasteiger partial charge in [-0.1, -0.05) is 47.7 Å². The summed E-state index contributed by atoms with van der Waals surface area (Å²) in [5.41, 5.74) is 8.82. The molecule has 0 bridgehead atoms. The van der Waals surface area contributed by atoms with Crippen LogP contribution in [0.5, 0.6) is 11.5 Å². The fourth-order valence-corrected chi connectivity index (χ4v) is 4.21. The highest BCUT2D eigenvalue weighted by atomic mass is 32.1. The van der Waals surface area contributed by atoms with Crippen molar-refractivity contribution in [3.05, 3.63) is 108 Å². The van der Waals surface area contributed by atoms with E-state index in [1.54, 1.807) is 22.9 Å². The Bertz CT molecular complexity index is 1410. The number of benzene rings is 3. The summed E-state index contributed by atoms with van der Waals surface area (Å²) in [6.07, 6.45) is 1.87. The summed E-state index contributed by atoms with van der Waals surface area (Å²) < 4.78 is 7.61. The topological polar surface area (TPSA) is 95.1 Å². The monoisotopic (exact) mass is 467 g/mol. The van der Waals surface area contributed by atoms with Crippen molar-refractivity contribution < 1.29 is 9.53 Å². The average Bonchev–Trinajstić information content (AvgIpc) is 3.53. The molecule has 5 aromatic rings. The van der Waals surface area contributed by atoms with E-state index in [4.69, 9.17) is 10.5 Å². The van der Waals surface area contributed by atoms with Gasteiger partial charge in [-0.05, 0) is 54.1 Å². The maximum atomic E-state index is 12.6. The van der Waals surface area contributed by atoms with Gasteiger partial charge in [0.15, 0.2) is 0 Å². The first-order valence-corrected chi connectivity index (χ1v) is 11.4. The number of carbonyl (C=O) groups is 1. The molecule has 3 aromatic carbocycles. The second-order valence-corrected chi connectivity index (χ2v) is 8.65. The number of amides is 1. The summed E-state index contributed by atoms with van der Waals surface area (Å²) in [6, 6.07) is 28.4. The lowest BCUT2D eigenvalue weighted by Gasteiger charge is -2.06. The van der Waals surface area contributed by atoms with Crippen molar-refractivity contribution >= 4 is 28.6 Å². The van der Waals surface area contributed by atoms with E-state index >= 15 is 0 Å². The molecule has 0 saturated heterocycles. The molecule has 168 valence electrons. The van der Waals surface area contributed by atoms with Gasteiger partial charge in [0.2, 0.25) is 0 Å². The zero-order chi connectivity index (χ0) is 23.3. The van der Waals surface area contributed by atoms with Crippen molar-refractivity contribution in [1.29, 1.82) is 0 Å². The van der Waals surface area contributed by atoms with Gasteiger partial charge in [-0.15, -0.1) is 16.4 Å². The van der Waals surface area contributed by atoms with Crippen LogP contribution in [0.4, 0.5) is 11.4 Å². The molecule has 1 amide bonds. The highest BCUT2D eigenvalue weighted by Crippen LogP contribution is 2.28. The molecule has 2 heterocycles. The van der Waals surface area contributed by atoms with E-state index in [0.717, 1.165) is 21.9 Å². The lowest BCUT2D eigenvalue weighted by Crippen LogP contribution is -2.11. The standard InChI is InChI=1S/C26H21N5O2S/c27-21-8-4-5-9-22(21)28-26(32)25-15-14-24(34-25)23-17-31(30-29-23)16-18-10-12-20(13-11-18)33-19-6-2-1-3-7-19/h1-15,17H,16,27H2,(H,28,32). The number of hydrogen-bond donors (Lipinski definition) is 2. The number of ether oxygens (including phenoxy) is 1. The second kappa shape index (κ2) is 9.60. The predicted octanol–water partition coefficient (Wildman–Crippen LogP) is 5.68. The Morgan fingerprint density at radius 3 is 2.44 bits per heavy atom. The molecule has 0 saturated carbocycles. The number of carbonyl (C=O) groups excluding carboxylic acids is 1. The number of rotatable bonds is 7. The van der Waals surface area contributed by atoms with Crippen molar-refractivity contribution in [2.24, 2.45) is 0 Å². The molecule has 0 spiro atoms. The van der Waals surface area contributed by atoms with Crippen molar-refractivity contribution in [1.82, 2.24) is 15.0 Å². The van der Waals surface area contributed by atoms with Crippen molar-refractivity contribution in [2.75, 3.05) is 11.1 Å². The van der Waals surface area contributed by atoms with Gasteiger partial charge in [0.25, 0.3) is 5.91 Å². The Labute approximate surface area is 200 Å². The van der Waals surface area contributed by atoms with Crippen LogP contribution in [-0.4, -0.2) is 20.9 Å². The van der Waals surface area contributed by atoms with Crippen LogP contribution in [0.25, 0.3) is 10.6 Å². The number of nitrogens with zero attached hydrogens (tertiary/aromatic N) is 3. The smallest absolute Gasteiger partial charge is 0.265 e. The van der Waals surface area contributed by atoms with Gasteiger partial charge in [-0.3, -0.25) is 4.79 Å². The summed E-state index contributed by atoms with van der Waals surface area (Å²) in [5.74, 6) is 1.36. The molecule has 0 aliphatic rings. The minimum atomic E-state index is -0.209. The third-order valence-corrected chi connectivity index (χ3v) is 6.18. The minimum Gasteiger partial charge on any atom is -0.457 e. The maximum Gasteiger partial charge on any atom is 0.265 e. The van der Waals surface area contributed by atoms with Crippen LogP contribution in [0.3, 0.4) is 0 Å². The molecule has 0 aliphatic heterocycles. The number of aromatic nitrogens is 3. The van der Waals surface area contributed by atoms with Gasteiger partial charge < -0.3 is 15.8 Å². The van der Waals surface area contributed by atoms with Crippen LogP contribution in [0.1, 0.15) is 15.2 Å². The second-order valence-electron chi connectivity index (χ2n) is 7.57. The Hall–Kier alpha value is -4.43. The van der Waals surface area contributed by atoms with E-state index in [1.165, 1.54) is 11.3 Å². The number of anilines is 2. The number of nitrogen functional groups attached to an aromatic ring is 1. The molecule has 7 nitrogen and oxygen atoms in total. The number of thiophene rings is 1. The van der Waals surface area contributed by atoms with E-state index in [-0.39, 0.29) is 5.91 Å². The Kier molecular flexibility index (Phi) is 6.05. The van der Waals surface area contributed by atoms with Crippen LogP contribution >= 0.6 is 11.3 Å². The molecular formula is C26H21N5O2S. The SMILES string of the molecule is Nc1ccccc1NC(=O)c1ccc(-c2cn(Cc3ccc(Oc4ccccc4)cc3)nn2)s1. The largest absolute Gasteiger partial charge is 0.457 e. The first kappa shape index (κ1) is 21.4. The molecule has 0 unspecified atom stereocenters. The summed E-state index contributed by atoms with van der Waals surface area (Å²) in [4.78, 5) is 14.0. The number of para-hydroxylation sites is 3. The van der Waals surface area contributed by atoms with Crippen molar-refractivity contribution in [2.45, 2.75) is 6.54 Å². The van der Waals surface area contributed by atoms with Crippen LogP contribution in [0.15, 0.2) is 97.2 Å². The van der Waals surface area contributed by atoms with Crippen LogP contribution in [0, 0.1) is 0 Å². The Balaban J connectivity index is 1.22. The van der Waals surface area contributed by atoms with E-state index in [0.29, 0.717) is 28.5 Å². The van der Waals surface area contributed by atoms with Crippen LogP contribution in [-0.2, 0) is 6.54 Å². The van der Waals surface area contributed by atoms with Crippen molar-refractivity contribution in [3.63, 3.8) is 0 Å². The van der Waals surface area contributed by atoms with Crippen molar-refractivity contribution in [3.8, 4) is 22.1 Å². The molecule has 5 rings (SSSR count). The Morgan fingerprint density at radius 2 is 1.65 bits per heavy atom. The zero-order valence-electron chi connectivity index (χ0n) is 18.1. The molecule has 0 radical (unpaired) electrons. The summed E-state index contributed by atoms with van der Waals surface area (Å²) in [5, 5.41) is 11.4. The lowest BCUT2D eigenvalue weighted by molar-refractivity contribution is 0.103. The zero-order valence-corrected chi connectivity index (χ0v) is 18.9. The van der Waals surface area contributed by atoms with Crippen LogP contribution < -0.4 is 15.8 Å². The van der Waals surface area contributed by atoms with Gasteiger partial charge in [0.1, 0.15) is 17.2 Å². The van der Waals surface area contributed by atoms with Gasteiger partial charge >= 0.3 is 0 Å². The Morgan fingerprint density at radius 1 is 0.912 bits per heavy atom. The highest BCUT2D eigenvalue weighted by Gasteiger charge is 2.14. The molecule has 3 N–H and O–H groups in total. The number of nitrogens with one attached hydrogen (secondary N) is 1. The first-order chi connectivity index (χ1) is 16.6. The fraction of sp³-hybridized carbons (Fsp3) is 0.0385. The minimum absolute atomic E-state index is 0.209. The number of hydrogen-bond acceptors (Lipinski definition) is 6. The first-order valence-electron chi connectivity index (χ1n) is 10.6. The maximum absolute atomic E-state index is 12.6. The van der Waals surface area contributed by atoms with Gasteiger partial charge in [-0.25, -0.2) is 4.68 Å². The third kappa shape index (κ3) is 4.97. The molecule has 0 aliphatic carbocycles. The molecular weight excluding hydrogens is 446 g/mol. The average molecular weight is 468 g/mol. The van der Waals surface area contributed by atoms with E-state index < -0.39 is 0 Å². The molecule has 34 heavy (non-hydrogen) atoms. The molecule has 0 fully saturated rings. The summed E-state index contributed by atoms with van der Waals surface area (Å²) in [7, 11) is 0. The molecule has 0 atom stereocenters. The van der Waals surface area contributed by atoms with E-state index in [1.807, 2.05) is 79.0 Å². The predicted molar refractivity (Wildman–Crippen MR) is 134 cm³/mol. The fourth-order valence-electron chi connectivity index (χ4n) is 3.36. The van der Waals surface area contributed by atoms with E-state index in [2.05, 4.69) is 15.6 Å². The molecule has 8 heteroatoms. The van der Waals surface area contributed by atoms with Gasteiger partial charge in [0.05, 0.1) is 33.9 Å². The third-order valence-electron chi connectivity index (χ3n) is 5.08. The van der Waals surface area contributed by atoms with Gasteiger partial charge in [0, 0.05) is 0 Å². The normalized spacial score (nSPS) is 10.7. The highest BCUT2D eigenvalue weighted by molar-refractivity contribution is 7.17. The van der Waals surface area contributed by atoms with E-state index in [9.17, 15) is 4.79 Å². The van der Waals surface area contributed by atoms with Gasteiger partial charge in [-0.2, -0.15) is 0 Å². The molecule has 2 aromatic heterocycles. The summed E-state index contributed by atoms with van der Waals surface area (Å²) in [6.45, 7) is 0.574.